The monoisotopic (exact) mass is 182 g/mol. The minimum Gasteiger partial charge on any atom is -0.481 e. The molecule has 0 atom stereocenters. The number of rotatable bonds is 3. The highest BCUT2D eigenvalue weighted by atomic mass is 19.4. The first-order valence-electron chi connectivity index (χ1n) is 3.66. The fourth-order valence-corrected chi connectivity index (χ4v) is 1.10. The van der Waals surface area contributed by atoms with Gasteiger partial charge in [0.15, 0.2) is 0 Å². The summed E-state index contributed by atoms with van der Waals surface area (Å²) in [6.07, 6.45) is -4.72. The fraction of sp³-hybridized carbons (Fsp3) is 0.857. The molecule has 70 valence electrons. The van der Waals surface area contributed by atoms with Gasteiger partial charge in [0.2, 0.25) is 0 Å². The van der Waals surface area contributed by atoms with Crippen molar-refractivity contribution in [3.63, 3.8) is 0 Å². The molecule has 0 unspecified atom stereocenters. The largest absolute Gasteiger partial charge is 0.481 e. The van der Waals surface area contributed by atoms with Crippen molar-refractivity contribution in [1.82, 2.24) is 0 Å². The Morgan fingerprint density at radius 2 is 1.92 bits per heavy atom. The van der Waals surface area contributed by atoms with Crippen molar-refractivity contribution in [2.75, 3.05) is 0 Å². The van der Waals surface area contributed by atoms with Crippen LogP contribution in [-0.4, -0.2) is 17.3 Å². The fourth-order valence-electron chi connectivity index (χ4n) is 1.10. The van der Waals surface area contributed by atoms with Gasteiger partial charge in [0, 0.05) is 6.42 Å². The summed E-state index contributed by atoms with van der Waals surface area (Å²) >= 11 is 0. The van der Waals surface area contributed by atoms with E-state index in [1.807, 2.05) is 0 Å². The van der Waals surface area contributed by atoms with E-state index in [9.17, 15) is 18.0 Å². The molecule has 1 fully saturated rings. The molecule has 0 aliphatic heterocycles. The average molecular weight is 182 g/mol. The molecule has 0 aromatic heterocycles. The van der Waals surface area contributed by atoms with Crippen molar-refractivity contribution < 1.29 is 23.1 Å². The van der Waals surface area contributed by atoms with Crippen LogP contribution >= 0.6 is 0 Å². The van der Waals surface area contributed by atoms with Crippen LogP contribution in [0.3, 0.4) is 0 Å². The van der Waals surface area contributed by atoms with E-state index in [1.165, 1.54) is 0 Å². The van der Waals surface area contributed by atoms with Gasteiger partial charge in [-0.1, -0.05) is 0 Å². The summed E-state index contributed by atoms with van der Waals surface area (Å²) in [5, 5.41) is 8.53. The maximum Gasteiger partial charge on any atom is 0.389 e. The maximum absolute atomic E-state index is 11.7. The third-order valence-corrected chi connectivity index (χ3v) is 2.19. The van der Waals surface area contributed by atoms with Gasteiger partial charge in [-0.05, 0) is 19.3 Å². The van der Waals surface area contributed by atoms with Crippen LogP contribution in [-0.2, 0) is 4.79 Å². The van der Waals surface area contributed by atoms with Crippen LogP contribution in [0, 0.1) is 5.41 Å². The second kappa shape index (κ2) is 2.64. The topological polar surface area (TPSA) is 37.3 Å². The van der Waals surface area contributed by atoms with Crippen molar-refractivity contribution in [3.8, 4) is 0 Å². The predicted octanol–water partition coefficient (Wildman–Crippen LogP) is 2.19. The molecular weight excluding hydrogens is 173 g/mol. The number of carbonyl (C=O) groups is 1. The number of carboxylic acid groups (broad SMARTS) is 1. The molecule has 0 aromatic carbocycles. The van der Waals surface area contributed by atoms with Crippen LogP contribution in [0.1, 0.15) is 25.7 Å². The molecule has 5 heteroatoms. The SMILES string of the molecule is O=C(O)C1(CCC(F)(F)F)CC1. The number of carboxylic acids is 1. The zero-order chi connectivity index (χ0) is 9.41. The number of hydrogen-bond acceptors (Lipinski definition) is 1. The molecule has 0 spiro atoms. The van der Waals surface area contributed by atoms with Gasteiger partial charge in [0.05, 0.1) is 5.41 Å². The third kappa shape index (κ3) is 2.12. The molecular formula is C7H9F3O2. The first-order chi connectivity index (χ1) is 5.36. The molecule has 0 aromatic rings. The summed E-state index contributed by atoms with van der Waals surface area (Å²) in [6, 6.07) is 0. The van der Waals surface area contributed by atoms with Crippen molar-refractivity contribution in [1.29, 1.82) is 0 Å². The number of alkyl halides is 3. The second-order valence-electron chi connectivity index (χ2n) is 3.20. The lowest BCUT2D eigenvalue weighted by molar-refractivity contribution is -0.150. The van der Waals surface area contributed by atoms with Gasteiger partial charge in [0.1, 0.15) is 0 Å². The molecule has 1 aliphatic rings. The number of aliphatic carboxylic acids is 1. The Morgan fingerprint density at radius 1 is 1.42 bits per heavy atom. The highest BCUT2D eigenvalue weighted by molar-refractivity contribution is 5.77. The Bertz CT molecular complexity index is 193. The van der Waals surface area contributed by atoms with Crippen molar-refractivity contribution in [2.24, 2.45) is 5.41 Å². The van der Waals surface area contributed by atoms with E-state index in [1.54, 1.807) is 0 Å². The van der Waals surface area contributed by atoms with Gasteiger partial charge < -0.3 is 5.11 Å². The number of halogens is 3. The van der Waals surface area contributed by atoms with E-state index >= 15 is 0 Å². The smallest absolute Gasteiger partial charge is 0.389 e. The minimum atomic E-state index is -4.23. The first kappa shape index (κ1) is 9.35. The van der Waals surface area contributed by atoms with E-state index in [2.05, 4.69) is 0 Å². The number of hydrogen-bond donors (Lipinski definition) is 1. The summed E-state index contributed by atoms with van der Waals surface area (Å²) < 4.78 is 35.1. The van der Waals surface area contributed by atoms with Gasteiger partial charge in [-0.3, -0.25) is 4.79 Å². The van der Waals surface area contributed by atoms with Crippen LogP contribution in [0.2, 0.25) is 0 Å². The lowest BCUT2D eigenvalue weighted by Gasteiger charge is -2.10. The van der Waals surface area contributed by atoms with Gasteiger partial charge in [-0.15, -0.1) is 0 Å². The molecule has 1 saturated carbocycles. The van der Waals surface area contributed by atoms with E-state index in [4.69, 9.17) is 5.11 Å². The predicted molar refractivity (Wildman–Crippen MR) is 34.6 cm³/mol. The zero-order valence-corrected chi connectivity index (χ0v) is 6.32. The molecule has 0 saturated heterocycles. The van der Waals surface area contributed by atoms with Gasteiger partial charge >= 0.3 is 12.1 Å². The molecule has 12 heavy (non-hydrogen) atoms. The maximum atomic E-state index is 11.7. The Labute approximate surface area is 67.4 Å². The van der Waals surface area contributed by atoms with Crippen molar-refractivity contribution in [3.05, 3.63) is 0 Å². The van der Waals surface area contributed by atoms with Crippen LogP contribution in [0.15, 0.2) is 0 Å². The summed E-state index contributed by atoms with van der Waals surface area (Å²) in [6.45, 7) is 0. The van der Waals surface area contributed by atoms with E-state index in [0.717, 1.165) is 0 Å². The van der Waals surface area contributed by atoms with Gasteiger partial charge in [-0.2, -0.15) is 13.2 Å². The quantitative estimate of drug-likeness (QED) is 0.726. The lowest BCUT2D eigenvalue weighted by atomic mass is 10.0. The molecule has 1 aliphatic carbocycles. The second-order valence-corrected chi connectivity index (χ2v) is 3.20. The van der Waals surface area contributed by atoms with Crippen LogP contribution in [0.5, 0.6) is 0 Å². The molecule has 2 nitrogen and oxygen atoms in total. The Morgan fingerprint density at radius 3 is 2.17 bits per heavy atom. The minimum absolute atomic E-state index is 0.272. The molecule has 1 N–H and O–H groups in total. The summed E-state index contributed by atoms with van der Waals surface area (Å²) in [5.74, 6) is -1.09. The zero-order valence-electron chi connectivity index (χ0n) is 6.32. The average Bonchev–Trinajstić information content (AvgIpc) is 2.61. The summed E-state index contributed by atoms with van der Waals surface area (Å²) in [5.41, 5.74) is -1.05. The first-order valence-corrected chi connectivity index (χ1v) is 3.66. The van der Waals surface area contributed by atoms with E-state index < -0.39 is 24.0 Å². The van der Waals surface area contributed by atoms with Gasteiger partial charge in [-0.25, -0.2) is 0 Å². The third-order valence-electron chi connectivity index (χ3n) is 2.19. The Kier molecular flexibility index (Phi) is 2.06. The van der Waals surface area contributed by atoms with Crippen LogP contribution < -0.4 is 0 Å². The van der Waals surface area contributed by atoms with E-state index in [0.29, 0.717) is 12.8 Å². The Hall–Kier alpha value is -0.740. The molecule has 0 bridgehead atoms. The molecule has 1 rings (SSSR count). The van der Waals surface area contributed by atoms with E-state index in [-0.39, 0.29) is 6.42 Å². The Balaban J connectivity index is 2.37. The highest BCUT2D eigenvalue weighted by Gasteiger charge is 2.51. The molecule has 0 heterocycles. The molecule has 0 radical (unpaired) electrons. The summed E-state index contributed by atoms with van der Waals surface area (Å²) in [4.78, 5) is 10.4. The highest BCUT2D eigenvalue weighted by Crippen LogP contribution is 2.51. The standard InChI is InChI=1S/C7H9F3O2/c8-7(9,10)4-3-6(1-2-6)5(11)12/h1-4H2,(H,11,12). The van der Waals surface area contributed by atoms with Crippen LogP contribution in [0.25, 0.3) is 0 Å². The van der Waals surface area contributed by atoms with Crippen molar-refractivity contribution in [2.45, 2.75) is 31.9 Å². The van der Waals surface area contributed by atoms with Crippen LogP contribution in [0.4, 0.5) is 13.2 Å². The van der Waals surface area contributed by atoms with Crippen molar-refractivity contribution >= 4 is 5.97 Å². The van der Waals surface area contributed by atoms with Gasteiger partial charge in [0.25, 0.3) is 0 Å². The lowest BCUT2D eigenvalue weighted by Crippen LogP contribution is -2.18. The summed E-state index contributed by atoms with van der Waals surface area (Å²) in [7, 11) is 0. The normalized spacial score (nSPS) is 20.6. The molecule has 0 amide bonds.